The van der Waals surface area contributed by atoms with Crippen LogP contribution in [0.5, 0.6) is 0 Å². The van der Waals surface area contributed by atoms with Crippen LogP contribution in [0, 0.1) is 0 Å². The van der Waals surface area contributed by atoms with Gasteiger partial charge in [-0.25, -0.2) is 44.9 Å². The van der Waals surface area contributed by atoms with Gasteiger partial charge in [0.15, 0.2) is 52.4 Å². The lowest BCUT2D eigenvalue weighted by molar-refractivity contribution is 1.07. The van der Waals surface area contributed by atoms with Crippen LogP contribution in [0.2, 0.25) is 0 Å². The Bertz CT molecular complexity index is 9860. The van der Waals surface area contributed by atoms with Gasteiger partial charge in [-0.2, -0.15) is 0 Å². The maximum atomic E-state index is 5.07. The fourth-order valence-electron chi connectivity index (χ4n) is 20.3. The van der Waals surface area contributed by atoms with E-state index in [2.05, 4.69) is 329 Å². The topological polar surface area (TPSA) is 131 Å². The molecule has 0 aliphatic rings. The van der Waals surface area contributed by atoms with Crippen molar-refractivity contribution in [2.24, 2.45) is 0 Å². The van der Waals surface area contributed by atoms with E-state index in [4.69, 9.17) is 44.9 Å². The quantitative estimate of drug-likeness (QED) is 0.111. The number of thiophene rings is 3. The summed E-state index contributed by atoms with van der Waals surface area (Å²) in [6, 6.07) is 166. The van der Waals surface area contributed by atoms with Gasteiger partial charge in [0.05, 0.1) is 38.8 Å². The van der Waals surface area contributed by atoms with Crippen molar-refractivity contribution in [3.05, 3.63) is 473 Å². The molecular weight excluding hydrogens is 1790 g/mol. The van der Waals surface area contributed by atoms with Crippen LogP contribution in [-0.2, 0) is 0 Å². The fourth-order valence-corrected chi connectivity index (χ4v) is 23.6. The zero-order chi connectivity index (χ0) is 93.7. The largest absolute Gasteiger partial charge is 0.309 e. The molecule has 0 spiro atoms. The first-order chi connectivity index (χ1) is 70.4. The summed E-state index contributed by atoms with van der Waals surface area (Å²) in [5, 5.41) is 17.6. The first-order valence-electron chi connectivity index (χ1n) is 47.4. The molecule has 0 radical (unpaired) electrons. The standard InChI is InChI=1S/C45H28N4S.C43H26N4S.C39H24N4S/c1-3-11-29(12-4-1)30-19-21-32(22-20-30)44-46-43(31-13-5-2-6-14-31)47-45(48-44)33-23-25-34(26-24-33)49-39-17-9-7-15-35(39)37-27-38-36-16-8-10-18-41(36)50-42(38)28-40(37)49;1-3-13-27(14-4-1)41-44-42(28-15-5-2-6-16-28)46-43(45-41)33-23-24-37(30-18-8-7-17-29(30)33)47-36-21-11-9-19-31(36)34-25-35-32-20-10-12-22-39(32)48-40(35)26-38(34)47;1-3-12-25(13-4-1)37-40-38(26-14-5-2-6-15-26)42-39(41-37)27-16-11-17-28(22-27)43-33-20-9-7-18-29(33)31-23-32-30-19-8-10-21-35(30)44-36(32)24-34(31)43/h1-28H;1-26H;1-24H. The van der Waals surface area contributed by atoms with Gasteiger partial charge in [-0.1, -0.05) is 352 Å². The van der Waals surface area contributed by atoms with Crippen LogP contribution in [-0.4, -0.2) is 58.6 Å². The highest BCUT2D eigenvalue weighted by molar-refractivity contribution is 7.26. The van der Waals surface area contributed by atoms with Crippen LogP contribution in [0.3, 0.4) is 0 Å². The molecule has 0 bridgehead atoms. The molecule has 9 aromatic heterocycles. The van der Waals surface area contributed by atoms with E-state index in [-0.39, 0.29) is 0 Å². The van der Waals surface area contributed by atoms with Crippen LogP contribution in [0.25, 0.3) is 267 Å². The lowest BCUT2D eigenvalue weighted by atomic mass is 10.0. The van der Waals surface area contributed by atoms with Crippen molar-refractivity contribution in [1.29, 1.82) is 0 Å². The molecule has 664 valence electrons. The number of hydrogen-bond donors (Lipinski definition) is 0. The van der Waals surface area contributed by atoms with Crippen molar-refractivity contribution in [1.82, 2.24) is 58.6 Å². The van der Waals surface area contributed by atoms with Crippen molar-refractivity contribution in [2.75, 3.05) is 0 Å². The Balaban J connectivity index is 0.000000107. The second-order valence-corrected chi connectivity index (χ2v) is 38.7. The summed E-state index contributed by atoms with van der Waals surface area (Å²) in [6.07, 6.45) is 0. The van der Waals surface area contributed by atoms with Crippen LogP contribution >= 0.6 is 34.0 Å². The zero-order valence-corrected chi connectivity index (χ0v) is 78.6. The highest BCUT2D eigenvalue weighted by atomic mass is 32.1. The summed E-state index contributed by atoms with van der Waals surface area (Å²) >= 11 is 5.56. The molecule has 29 rings (SSSR count). The van der Waals surface area contributed by atoms with Crippen LogP contribution < -0.4 is 0 Å². The number of fused-ring (bicyclic) bond motifs is 19. The van der Waals surface area contributed by atoms with Gasteiger partial charge < -0.3 is 13.7 Å². The maximum absolute atomic E-state index is 5.07. The first kappa shape index (κ1) is 83.1. The van der Waals surface area contributed by atoms with E-state index in [1.54, 1.807) is 0 Å². The van der Waals surface area contributed by atoms with Gasteiger partial charge in [0, 0.05) is 160 Å². The molecule has 15 heteroatoms. The Labute approximate surface area is 826 Å². The molecule has 0 aliphatic heterocycles. The van der Waals surface area contributed by atoms with E-state index in [0.29, 0.717) is 52.4 Å². The van der Waals surface area contributed by atoms with Gasteiger partial charge in [-0.3, -0.25) is 0 Å². The molecule has 142 heavy (non-hydrogen) atoms. The summed E-state index contributed by atoms with van der Waals surface area (Å²) in [6.45, 7) is 0. The number of benzene rings is 20. The number of nitrogens with zero attached hydrogens (tertiary/aromatic N) is 12. The highest BCUT2D eigenvalue weighted by Gasteiger charge is 2.25. The van der Waals surface area contributed by atoms with Gasteiger partial charge in [-0.05, 0) is 138 Å². The van der Waals surface area contributed by atoms with E-state index in [9.17, 15) is 0 Å². The summed E-state index contributed by atoms with van der Waals surface area (Å²) in [5.41, 5.74) is 21.3. The second-order valence-electron chi connectivity index (χ2n) is 35.4. The Morgan fingerprint density at radius 2 is 0.401 bits per heavy atom. The van der Waals surface area contributed by atoms with Crippen molar-refractivity contribution < 1.29 is 0 Å². The average Bonchev–Trinajstić information content (AvgIpc) is 1.57. The molecule has 0 aliphatic carbocycles. The lowest BCUT2D eigenvalue weighted by Gasteiger charge is -2.15. The third-order valence-corrected chi connectivity index (χ3v) is 30.4. The van der Waals surface area contributed by atoms with Gasteiger partial charge in [0.2, 0.25) is 0 Å². The molecule has 29 aromatic rings. The van der Waals surface area contributed by atoms with E-state index in [1.807, 2.05) is 192 Å². The van der Waals surface area contributed by atoms with E-state index in [0.717, 1.165) is 83.5 Å². The Kier molecular flexibility index (Phi) is 20.5. The van der Waals surface area contributed by atoms with Gasteiger partial charge >= 0.3 is 0 Å². The molecular formula is C127H78N12S3. The van der Waals surface area contributed by atoms with Crippen LogP contribution in [0.1, 0.15) is 0 Å². The van der Waals surface area contributed by atoms with Crippen molar-refractivity contribution in [3.63, 3.8) is 0 Å². The molecule has 0 atom stereocenters. The summed E-state index contributed by atoms with van der Waals surface area (Å²) in [4.78, 5) is 44.8. The van der Waals surface area contributed by atoms with Crippen LogP contribution in [0.4, 0.5) is 0 Å². The number of rotatable bonds is 13. The predicted molar refractivity (Wildman–Crippen MR) is 593 cm³/mol. The van der Waals surface area contributed by atoms with Crippen molar-refractivity contribution >= 4 is 171 Å². The molecule has 0 unspecified atom stereocenters. The van der Waals surface area contributed by atoms with Crippen molar-refractivity contribution in [2.45, 2.75) is 0 Å². The van der Waals surface area contributed by atoms with Crippen LogP contribution in [0.15, 0.2) is 473 Å². The molecule has 0 fully saturated rings. The monoisotopic (exact) mass is 1870 g/mol. The Morgan fingerprint density at radius 1 is 0.134 bits per heavy atom. The SMILES string of the molecule is c1ccc(-c2ccc(-c3nc(-c4ccccc4)nc(-c4ccc(-n5c6ccccc6c6cc7c(cc65)sc5ccccc57)cc4)n3)cc2)cc1.c1ccc(-c2nc(-c3ccccc3)nc(-c3ccc(-n4c5ccccc5c5cc6c(cc54)sc4ccccc46)c4ccccc34)n2)cc1.c1ccc(-c2nc(-c3ccccc3)nc(-c3cccc(-n4c5ccccc5c5cc6c(cc54)sc4ccccc46)c3)n2)cc1. The fraction of sp³-hybridized carbons (Fsp3) is 0. The molecule has 20 aromatic carbocycles. The molecule has 0 amide bonds. The first-order valence-corrected chi connectivity index (χ1v) is 49.8. The summed E-state index contributed by atoms with van der Waals surface area (Å²) < 4.78 is 15.0. The minimum absolute atomic E-state index is 0.641. The molecule has 9 heterocycles. The number of hydrogen-bond acceptors (Lipinski definition) is 12. The van der Waals surface area contributed by atoms with Crippen molar-refractivity contribution in [3.8, 4) is 131 Å². The molecule has 0 saturated heterocycles. The number of aromatic nitrogens is 12. The van der Waals surface area contributed by atoms with E-state index < -0.39 is 0 Å². The summed E-state index contributed by atoms with van der Waals surface area (Å²) in [7, 11) is 0. The lowest BCUT2D eigenvalue weighted by Crippen LogP contribution is -2.01. The van der Waals surface area contributed by atoms with E-state index in [1.165, 1.54) is 131 Å². The molecule has 0 N–H and O–H groups in total. The predicted octanol–water partition coefficient (Wildman–Crippen LogP) is 33.8. The zero-order valence-electron chi connectivity index (χ0n) is 76.1. The van der Waals surface area contributed by atoms with Gasteiger partial charge in [0.25, 0.3) is 0 Å². The third kappa shape index (κ3) is 14.8. The Hall–Kier alpha value is -18.3. The van der Waals surface area contributed by atoms with Gasteiger partial charge in [0.1, 0.15) is 0 Å². The third-order valence-electron chi connectivity index (χ3n) is 27.0. The van der Waals surface area contributed by atoms with E-state index >= 15 is 0 Å². The van der Waals surface area contributed by atoms with Gasteiger partial charge in [-0.15, -0.1) is 34.0 Å². The smallest absolute Gasteiger partial charge is 0.164 e. The Morgan fingerprint density at radius 3 is 0.789 bits per heavy atom. The number of para-hydroxylation sites is 3. The maximum Gasteiger partial charge on any atom is 0.164 e. The summed E-state index contributed by atoms with van der Waals surface area (Å²) in [5.74, 6) is 5.86. The molecule has 0 saturated carbocycles. The minimum atomic E-state index is 0.641. The normalized spacial score (nSPS) is 11.7. The average molecular weight is 1870 g/mol. The minimum Gasteiger partial charge on any atom is -0.309 e. The highest BCUT2D eigenvalue weighted by Crippen LogP contribution is 2.47. The molecule has 12 nitrogen and oxygen atoms in total. The second kappa shape index (κ2) is 35.1.